The minimum absolute atomic E-state index is 0.207. The van der Waals surface area contributed by atoms with Gasteiger partial charge in [-0.25, -0.2) is 0 Å². The number of nitrogens with one attached hydrogen (secondary N) is 2. The summed E-state index contributed by atoms with van der Waals surface area (Å²) >= 11 is 4.74. The molecule has 0 aliphatic rings. The molecular weight excluding hydrogens is 332 g/mol. The molecule has 6 nitrogen and oxygen atoms in total. The third-order valence-corrected chi connectivity index (χ3v) is 3.80. The van der Waals surface area contributed by atoms with E-state index in [2.05, 4.69) is 36.4 Å². The first-order chi connectivity index (χ1) is 9.22. The topological polar surface area (TPSA) is 83.8 Å². The molecule has 0 saturated carbocycles. The first-order valence-electron chi connectivity index (χ1n) is 5.24. The quantitative estimate of drug-likeness (QED) is 0.768. The van der Waals surface area contributed by atoms with Gasteiger partial charge in [-0.15, -0.1) is 16.4 Å². The van der Waals surface area contributed by atoms with Crippen molar-refractivity contribution in [2.75, 3.05) is 5.32 Å². The number of anilines is 1. The Morgan fingerprint density at radius 1 is 1.53 bits per heavy atom. The molecule has 3 rings (SSSR count). The standard InChI is InChI=1S/C11H7BrN4O2S/c12-8-4-6(5-19-8)10(17)14-11-13-9(15-16-11)7-2-1-3-18-7/h1-5H,(H2,13,14,15,16,17). The summed E-state index contributed by atoms with van der Waals surface area (Å²) in [5.74, 6) is 0.976. The molecular formula is C11H7BrN4O2S. The minimum Gasteiger partial charge on any atom is -0.461 e. The first kappa shape index (κ1) is 12.1. The molecule has 3 aromatic rings. The maximum atomic E-state index is 11.9. The molecule has 0 fully saturated rings. The second kappa shape index (κ2) is 4.98. The van der Waals surface area contributed by atoms with Crippen LogP contribution in [0.15, 0.2) is 38.0 Å². The van der Waals surface area contributed by atoms with E-state index < -0.39 is 0 Å². The van der Waals surface area contributed by atoms with Crippen LogP contribution in [0.4, 0.5) is 5.95 Å². The normalized spacial score (nSPS) is 10.6. The van der Waals surface area contributed by atoms with Crippen LogP contribution in [0.3, 0.4) is 0 Å². The number of halogens is 1. The van der Waals surface area contributed by atoms with Gasteiger partial charge in [-0.2, -0.15) is 4.98 Å². The number of furan rings is 1. The number of carbonyl (C=O) groups excluding carboxylic acids is 1. The van der Waals surface area contributed by atoms with E-state index in [9.17, 15) is 4.79 Å². The van der Waals surface area contributed by atoms with E-state index in [-0.39, 0.29) is 11.9 Å². The maximum absolute atomic E-state index is 11.9. The monoisotopic (exact) mass is 338 g/mol. The minimum atomic E-state index is -0.257. The number of amides is 1. The molecule has 0 aliphatic heterocycles. The molecule has 19 heavy (non-hydrogen) atoms. The molecule has 0 atom stereocenters. The van der Waals surface area contributed by atoms with Gasteiger partial charge in [-0.05, 0) is 34.1 Å². The number of aromatic amines is 1. The molecule has 0 radical (unpaired) electrons. The number of carbonyl (C=O) groups is 1. The first-order valence-corrected chi connectivity index (χ1v) is 6.91. The largest absolute Gasteiger partial charge is 0.461 e. The number of hydrogen-bond donors (Lipinski definition) is 2. The van der Waals surface area contributed by atoms with Crippen LogP contribution in [-0.2, 0) is 0 Å². The Hall–Kier alpha value is -1.93. The average Bonchev–Trinajstić information content (AvgIpc) is 3.07. The van der Waals surface area contributed by atoms with Crippen molar-refractivity contribution in [3.63, 3.8) is 0 Å². The van der Waals surface area contributed by atoms with Crippen molar-refractivity contribution in [3.05, 3.63) is 39.2 Å². The van der Waals surface area contributed by atoms with E-state index >= 15 is 0 Å². The van der Waals surface area contributed by atoms with Gasteiger partial charge in [-0.1, -0.05) is 0 Å². The van der Waals surface area contributed by atoms with Crippen molar-refractivity contribution >= 4 is 39.1 Å². The van der Waals surface area contributed by atoms with Crippen LogP contribution < -0.4 is 5.32 Å². The Balaban J connectivity index is 1.76. The average molecular weight is 339 g/mol. The molecule has 3 aromatic heterocycles. The van der Waals surface area contributed by atoms with Gasteiger partial charge in [0.05, 0.1) is 15.6 Å². The van der Waals surface area contributed by atoms with E-state index in [1.165, 1.54) is 11.3 Å². The summed E-state index contributed by atoms with van der Waals surface area (Å²) in [6.07, 6.45) is 1.54. The molecule has 0 spiro atoms. The number of H-pyrrole nitrogens is 1. The summed E-state index contributed by atoms with van der Waals surface area (Å²) in [6, 6.07) is 5.24. The Labute approximate surface area is 120 Å². The Morgan fingerprint density at radius 2 is 2.42 bits per heavy atom. The van der Waals surface area contributed by atoms with Crippen LogP contribution in [0, 0.1) is 0 Å². The predicted octanol–water partition coefficient (Wildman–Crippen LogP) is 3.14. The van der Waals surface area contributed by atoms with E-state index in [1.54, 1.807) is 29.8 Å². The van der Waals surface area contributed by atoms with Gasteiger partial charge in [0.2, 0.25) is 5.95 Å². The fraction of sp³-hybridized carbons (Fsp3) is 0. The van der Waals surface area contributed by atoms with Gasteiger partial charge in [0.15, 0.2) is 11.6 Å². The number of rotatable bonds is 3. The third-order valence-electron chi connectivity index (χ3n) is 2.29. The highest BCUT2D eigenvalue weighted by Crippen LogP contribution is 2.21. The van der Waals surface area contributed by atoms with Gasteiger partial charge in [-0.3, -0.25) is 15.2 Å². The van der Waals surface area contributed by atoms with Crippen LogP contribution in [0.5, 0.6) is 0 Å². The van der Waals surface area contributed by atoms with Gasteiger partial charge < -0.3 is 4.42 Å². The highest BCUT2D eigenvalue weighted by atomic mass is 79.9. The molecule has 0 saturated heterocycles. The van der Waals surface area contributed by atoms with E-state index in [1.807, 2.05) is 0 Å². The summed E-state index contributed by atoms with van der Waals surface area (Å²) in [7, 11) is 0. The molecule has 2 N–H and O–H groups in total. The molecule has 0 aromatic carbocycles. The van der Waals surface area contributed by atoms with Gasteiger partial charge in [0.1, 0.15) is 0 Å². The third kappa shape index (κ3) is 2.59. The number of aromatic nitrogens is 3. The highest BCUT2D eigenvalue weighted by molar-refractivity contribution is 9.11. The van der Waals surface area contributed by atoms with Crippen molar-refractivity contribution in [2.45, 2.75) is 0 Å². The van der Waals surface area contributed by atoms with Gasteiger partial charge in [0.25, 0.3) is 5.91 Å². The Bertz CT molecular complexity index is 704. The van der Waals surface area contributed by atoms with Crippen molar-refractivity contribution < 1.29 is 9.21 Å². The van der Waals surface area contributed by atoms with Crippen LogP contribution in [-0.4, -0.2) is 21.1 Å². The van der Waals surface area contributed by atoms with Gasteiger partial charge in [0, 0.05) is 5.38 Å². The lowest BCUT2D eigenvalue weighted by molar-refractivity contribution is 0.102. The molecule has 1 amide bonds. The van der Waals surface area contributed by atoms with Crippen molar-refractivity contribution in [2.24, 2.45) is 0 Å². The molecule has 3 heterocycles. The van der Waals surface area contributed by atoms with Crippen LogP contribution in [0.25, 0.3) is 11.6 Å². The number of thiophene rings is 1. The van der Waals surface area contributed by atoms with E-state index in [4.69, 9.17) is 4.42 Å². The predicted molar refractivity (Wildman–Crippen MR) is 74.1 cm³/mol. The zero-order chi connectivity index (χ0) is 13.2. The Morgan fingerprint density at radius 3 is 3.11 bits per heavy atom. The summed E-state index contributed by atoms with van der Waals surface area (Å²) < 4.78 is 6.07. The lowest BCUT2D eigenvalue weighted by Gasteiger charge is -1.96. The smallest absolute Gasteiger partial charge is 0.258 e. The molecule has 96 valence electrons. The highest BCUT2D eigenvalue weighted by Gasteiger charge is 2.12. The van der Waals surface area contributed by atoms with Gasteiger partial charge >= 0.3 is 0 Å². The second-order valence-electron chi connectivity index (χ2n) is 3.58. The molecule has 8 heteroatoms. The lowest BCUT2D eigenvalue weighted by atomic mass is 10.3. The van der Waals surface area contributed by atoms with Crippen LogP contribution in [0.1, 0.15) is 10.4 Å². The Kier molecular flexibility index (Phi) is 3.18. The zero-order valence-electron chi connectivity index (χ0n) is 9.38. The maximum Gasteiger partial charge on any atom is 0.258 e. The number of nitrogens with zero attached hydrogens (tertiary/aromatic N) is 2. The molecule has 0 bridgehead atoms. The summed E-state index contributed by atoms with van der Waals surface area (Å²) in [5, 5.41) is 11.0. The summed E-state index contributed by atoms with van der Waals surface area (Å²) in [4.78, 5) is 16.0. The molecule has 0 unspecified atom stereocenters. The number of hydrogen-bond acceptors (Lipinski definition) is 5. The fourth-order valence-corrected chi connectivity index (χ4v) is 2.58. The van der Waals surface area contributed by atoms with Crippen LogP contribution >= 0.6 is 27.3 Å². The van der Waals surface area contributed by atoms with E-state index in [0.29, 0.717) is 17.1 Å². The van der Waals surface area contributed by atoms with Crippen LogP contribution in [0.2, 0.25) is 0 Å². The second-order valence-corrected chi connectivity index (χ2v) is 5.87. The SMILES string of the molecule is O=C(Nc1n[nH]c(-c2ccco2)n1)c1csc(Br)c1. The molecule has 0 aliphatic carbocycles. The van der Waals surface area contributed by atoms with Crippen molar-refractivity contribution in [3.8, 4) is 11.6 Å². The summed E-state index contributed by atoms with van der Waals surface area (Å²) in [6.45, 7) is 0. The fourth-order valence-electron chi connectivity index (χ4n) is 1.44. The zero-order valence-corrected chi connectivity index (χ0v) is 11.8. The summed E-state index contributed by atoms with van der Waals surface area (Å²) in [5.41, 5.74) is 0.557. The van der Waals surface area contributed by atoms with Crippen molar-refractivity contribution in [1.82, 2.24) is 15.2 Å². The van der Waals surface area contributed by atoms with E-state index in [0.717, 1.165) is 3.79 Å². The lowest BCUT2D eigenvalue weighted by Crippen LogP contribution is -2.11. The van der Waals surface area contributed by atoms with Crippen molar-refractivity contribution in [1.29, 1.82) is 0 Å².